The Bertz CT molecular complexity index is 724. The van der Waals surface area contributed by atoms with Gasteiger partial charge in [0.15, 0.2) is 5.96 Å². The van der Waals surface area contributed by atoms with Gasteiger partial charge in [0.2, 0.25) is 0 Å². The number of guanidine groups is 1. The molecule has 0 bridgehead atoms. The topological polar surface area (TPSA) is 57.5 Å². The molecule has 1 saturated heterocycles. The molecule has 1 aliphatic rings. The van der Waals surface area contributed by atoms with E-state index in [0.29, 0.717) is 5.92 Å². The molecule has 2 atom stereocenters. The first-order valence-corrected chi connectivity index (χ1v) is 9.95. The maximum Gasteiger partial charge on any atom is 0.191 e. The number of halogens is 1. The van der Waals surface area contributed by atoms with Crippen LogP contribution in [-0.2, 0) is 6.54 Å². The Morgan fingerprint density at radius 1 is 1.21 bits per heavy atom. The molecule has 1 aliphatic heterocycles. The van der Waals surface area contributed by atoms with Crippen LogP contribution in [0.1, 0.15) is 38.3 Å². The molecule has 0 saturated carbocycles. The summed E-state index contributed by atoms with van der Waals surface area (Å²) in [5.41, 5.74) is 2.61. The van der Waals surface area contributed by atoms with Crippen molar-refractivity contribution in [2.45, 2.75) is 39.3 Å². The summed E-state index contributed by atoms with van der Waals surface area (Å²) >= 11 is 0. The van der Waals surface area contributed by atoms with Crippen LogP contribution in [0.3, 0.4) is 0 Å². The maximum atomic E-state index is 4.38. The summed E-state index contributed by atoms with van der Waals surface area (Å²) < 4.78 is 1.97. The van der Waals surface area contributed by atoms with Gasteiger partial charge >= 0.3 is 0 Å². The quantitative estimate of drug-likeness (QED) is 0.349. The van der Waals surface area contributed by atoms with Crippen LogP contribution < -0.4 is 15.5 Å². The SMILES string of the molecule is CN=C(NCC(C)Cn1cccn1)NC(C)c1cccc(N2CCCC2)c1.I. The smallest absolute Gasteiger partial charge is 0.191 e. The molecule has 2 heterocycles. The standard InChI is InChI=1S/C21H32N6.HI/c1-17(16-27-13-7-10-24-27)15-23-21(22-3)25-18(2)19-8-6-9-20(14-19)26-11-4-5-12-26;/h6-10,13-14,17-18H,4-5,11-12,15-16H2,1-3H3,(H2,22,23,25);1H. The van der Waals surface area contributed by atoms with E-state index in [0.717, 1.165) is 19.0 Å². The Hall–Kier alpha value is -1.77. The van der Waals surface area contributed by atoms with Gasteiger partial charge in [0.25, 0.3) is 0 Å². The average Bonchev–Trinajstić information content (AvgIpc) is 3.39. The lowest BCUT2D eigenvalue weighted by atomic mass is 10.1. The third kappa shape index (κ3) is 6.39. The minimum absolute atomic E-state index is 0. The Kier molecular flexibility index (Phi) is 9.08. The lowest BCUT2D eigenvalue weighted by Gasteiger charge is -2.22. The minimum atomic E-state index is 0. The van der Waals surface area contributed by atoms with Gasteiger partial charge in [-0.2, -0.15) is 5.10 Å². The van der Waals surface area contributed by atoms with Crippen LogP contribution >= 0.6 is 24.0 Å². The predicted octanol–water partition coefficient (Wildman–Crippen LogP) is 3.66. The zero-order valence-electron chi connectivity index (χ0n) is 17.1. The van der Waals surface area contributed by atoms with Crippen LogP contribution in [0.2, 0.25) is 0 Å². The molecule has 1 fully saturated rings. The fourth-order valence-electron chi connectivity index (χ4n) is 3.51. The third-order valence-corrected chi connectivity index (χ3v) is 5.09. The number of hydrogen-bond acceptors (Lipinski definition) is 3. The molecule has 28 heavy (non-hydrogen) atoms. The number of anilines is 1. The zero-order valence-corrected chi connectivity index (χ0v) is 19.5. The molecule has 1 aromatic heterocycles. The lowest BCUT2D eigenvalue weighted by molar-refractivity contribution is 0.442. The predicted molar refractivity (Wildman–Crippen MR) is 128 cm³/mol. The van der Waals surface area contributed by atoms with Crippen molar-refractivity contribution in [2.24, 2.45) is 10.9 Å². The molecule has 7 heteroatoms. The van der Waals surface area contributed by atoms with E-state index in [1.54, 1.807) is 0 Å². The van der Waals surface area contributed by atoms with Gasteiger partial charge in [-0.1, -0.05) is 19.1 Å². The number of benzene rings is 1. The van der Waals surface area contributed by atoms with E-state index in [1.807, 2.05) is 30.2 Å². The van der Waals surface area contributed by atoms with Crippen LogP contribution in [-0.4, -0.2) is 42.4 Å². The summed E-state index contributed by atoms with van der Waals surface area (Å²) in [5.74, 6) is 1.29. The largest absolute Gasteiger partial charge is 0.372 e. The van der Waals surface area contributed by atoms with E-state index in [4.69, 9.17) is 0 Å². The van der Waals surface area contributed by atoms with Crippen molar-refractivity contribution < 1.29 is 0 Å². The molecule has 154 valence electrons. The number of aliphatic imine (C=N–C) groups is 1. The van der Waals surface area contributed by atoms with E-state index in [-0.39, 0.29) is 30.0 Å². The number of aromatic nitrogens is 2. The van der Waals surface area contributed by atoms with Gasteiger partial charge in [0.05, 0.1) is 6.04 Å². The van der Waals surface area contributed by atoms with Gasteiger partial charge in [-0.25, -0.2) is 0 Å². The fourth-order valence-corrected chi connectivity index (χ4v) is 3.51. The van der Waals surface area contributed by atoms with Gasteiger partial charge in [0.1, 0.15) is 0 Å². The van der Waals surface area contributed by atoms with Gasteiger partial charge in [-0.3, -0.25) is 9.67 Å². The molecular formula is C21H33IN6. The van der Waals surface area contributed by atoms with Gasteiger partial charge in [0, 0.05) is 51.3 Å². The molecule has 6 nitrogen and oxygen atoms in total. The Labute approximate surface area is 185 Å². The highest BCUT2D eigenvalue weighted by Gasteiger charge is 2.14. The monoisotopic (exact) mass is 496 g/mol. The number of nitrogens with zero attached hydrogens (tertiary/aromatic N) is 4. The molecule has 0 radical (unpaired) electrons. The highest BCUT2D eigenvalue weighted by molar-refractivity contribution is 14.0. The first-order chi connectivity index (χ1) is 13.2. The lowest BCUT2D eigenvalue weighted by Crippen LogP contribution is -2.41. The molecule has 1 aromatic carbocycles. The van der Waals surface area contributed by atoms with Crippen molar-refractivity contribution in [3.8, 4) is 0 Å². The molecule has 3 rings (SSSR count). The Morgan fingerprint density at radius 3 is 2.68 bits per heavy atom. The molecule has 2 unspecified atom stereocenters. The second-order valence-electron chi connectivity index (χ2n) is 7.44. The van der Waals surface area contributed by atoms with Gasteiger partial charge in [-0.15, -0.1) is 24.0 Å². The summed E-state index contributed by atoms with van der Waals surface area (Å²) in [6.45, 7) is 8.48. The number of hydrogen-bond donors (Lipinski definition) is 2. The Balaban J connectivity index is 0.00000280. The highest BCUT2D eigenvalue weighted by atomic mass is 127. The summed E-state index contributed by atoms with van der Waals surface area (Å²) in [7, 11) is 1.82. The van der Waals surface area contributed by atoms with E-state index in [1.165, 1.54) is 37.2 Å². The molecule has 2 aromatic rings. The average molecular weight is 496 g/mol. The van der Waals surface area contributed by atoms with Crippen LogP contribution in [0, 0.1) is 5.92 Å². The van der Waals surface area contributed by atoms with Crippen LogP contribution in [0.5, 0.6) is 0 Å². The second-order valence-corrected chi connectivity index (χ2v) is 7.44. The number of nitrogens with one attached hydrogen (secondary N) is 2. The van der Waals surface area contributed by atoms with Crippen molar-refractivity contribution in [1.29, 1.82) is 0 Å². The van der Waals surface area contributed by atoms with E-state index < -0.39 is 0 Å². The molecule has 2 N–H and O–H groups in total. The summed E-state index contributed by atoms with van der Waals surface area (Å²) in [4.78, 5) is 6.86. The first kappa shape index (κ1) is 22.5. The van der Waals surface area contributed by atoms with Crippen molar-refractivity contribution in [3.05, 3.63) is 48.3 Å². The summed E-state index contributed by atoms with van der Waals surface area (Å²) in [6.07, 6.45) is 6.41. The minimum Gasteiger partial charge on any atom is -0.372 e. The Morgan fingerprint density at radius 2 is 2.00 bits per heavy atom. The van der Waals surface area contributed by atoms with E-state index in [9.17, 15) is 0 Å². The fraction of sp³-hybridized carbons (Fsp3) is 0.524. The van der Waals surface area contributed by atoms with Crippen molar-refractivity contribution in [2.75, 3.05) is 31.6 Å². The van der Waals surface area contributed by atoms with Crippen LogP contribution in [0.15, 0.2) is 47.7 Å². The van der Waals surface area contributed by atoms with Crippen molar-refractivity contribution in [3.63, 3.8) is 0 Å². The van der Waals surface area contributed by atoms with Crippen LogP contribution in [0.4, 0.5) is 5.69 Å². The number of rotatable bonds is 7. The zero-order chi connectivity index (χ0) is 19.1. The summed E-state index contributed by atoms with van der Waals surface area (Å²) in [5, 5.41) is 11.2. The van der Waals surface area contributed by atoms with Crippen molar-refractivity contribution in [1.82, 2.24) is 20.4 Å². The second kappa shape index (κ2) is 11.3. The van der Waals surface area contributed by atoms with E-state index >= 15 is 0 Å². The highest BCUT2D eigenvalue weighted by Crippen LogP contribution is 2.23. The third-order valence-electron chi connectivity index (χ3n) is 5.09. The first-order valence-electron chi connectivity index (χ1n) is 9.95. The molecule has 0 amide bonds. The maximum absolute atomic E-state index is 4.38. The molecule has 0 aliphatic carbocycles. The van der Waals surface area contributed by atoms with Gasteiger partial charge < -0.3 is 15.5 Å². The molecule has 0 spiro atoms. The van der Waals surface area contributed by atoms with Gasteiger partial charge in [-0.05, 0) is 49.4 Å². The molecular weight excluding hydrogens is 463 g/mol. The summed E-state index contributed by atoms with van der Waals surface area (Å²) in [6, 6.07) is 11.0. The van der Waals surface area contributed by atoms with E-state index in [2.05, 4.69) is 63.7 Å². The van der Waals surface area contributed by atoms with Crippen molar-refractivity contribution >= 4 is 35.6 Å². The van der Waals surface area contributed by atoms with Crippen LogP contribution in [0.25, 0.3) is 0 Å². The normalized spacial score (nSPS) is 16.4.